The summed E-state index contributed by atoms with van der Waals surface area (Å²) in [6.07, 6.45) is 1.18. The molecule has 0 radical (unpaired) electrons. The van der Waals surface area contributed by atoms with Crippen LogP contribution in [0.5, 0.6) is 0 Å². The highest BCUT2D eigenvalue weighted by atomic mass is 127. The molecule has 0 amide bonds. The van der Waals surface area contributed by atoms with Crippen LogP contribution in [0.25, 0.3) is 0 Å². The minimum absolute atomic E-state index is 0. The van der Waals surface area contributed by atoms with Gasteiger partial charge in [0.05, 0.1) is 17.2 Å². The molecule has 0 spiro atoms. The summed E-state index contributed by atoms with van der Waals surface area (Å²) < 4.78 is 0. The van der Waals surface area contributed by atoms with Gasteiger partial charge >= 0.3 is 0 Å². The molecule has 1 heterocycles. The molecule has 2 unspecified atom stereocenters. The standard InChI is InChI=1S/C19H26N4S.HI/c1-5-20-19(23(4)11-15-12-24-14(3)21-15)22-18-10-17(18)16-9-7-6-8-13(16)2;/h6-9,12,17-18H,5,10-11H2,1-4H3,(H,20,22);1H. The average Bonchev–Trinajstić information content (AvgIpc) is 3.20. The van der Waals surface area contributed by atoms with Gasteiger partial charge in [0, 0.05) is 30.9 Å². The van der Waals surface area contributed by atoms with Crippen molar-refractivity contribution < 1.29 is 0 Å². The van der Waals surface area contributed by atoms with Gasteiger partial charge in [0.2, 0.25) is 0 Å². The van der Waals surface area contributed by atoms with Gasteiger partial charge in [0.15, 0.2) is 5.96 Å². The fourth-order valence-electron chi connectivity index (χ4n) is 3.09. The number of aryl methyl sites for hydroxylation is 2. The zero-order valence-corrected chi connectivity index (χ0v) is 18.5. The van der Waals surface area contributed by atoms with Gasteiger partial charge < -0.3 is 10.2 Å². The van der Waals surface area contributed by atoms with Crippen molar-refractivity contribution in [3.63, 3.8) is 0 Å². The predicted molar refractivity (Wildman–Crippen MR) is 117 cm³/mol. The Morgan fingerprint density at radius 3 is 2.76 bits per heavy atom. The molecule has 6 heteroatoms. The molecular weight excluding hydrogens is 443 g/mol. The van der Waals surface area contributed by atoms with Crippen LogP contribution in [-0.2, 0) is 6.54 Å². The highest BCUT2D eigenvalue weighted by Gasteiger charge is 2.40. The average molecular weight is 470 g/mol. The molecule has 2 aromatic rings. The monoisotopic (exact) mass is 470 g/mol. The number of thiazole rings is 1. The smallest absolute Gasteiger partial charge is 0.194 e. The second-order valence-corrected chi connectivity index (χ2v) is 7.52. The Balaban J connectivity index is 0.00000225. The van der Waals surface area contributed by atoms with Crippen LogP contribution < -0.4 is 5.32 Å². The van der Waals surface area contributed by atoms with Crippen LogP contribution in [0.15, 0.2) is 34.6 Å². The second-order valence-electron chi connectivity index (χ2n) is 6.46. The lowest BCUT2D eigenvalue weighted by atomic mass is 10.0. The number of nitrogens with zero attached hydrogens (tertiary/aromatic N) is 3. The number of benzene rings is 1. The summed E-state index contributed by atoms with van der Waals surface area (Å²) in [5.74, 6) is 1.58. The quantitative estimate of drug-likeness (QED) is 0.402. The maximum absolute atomic E-state index is 4.66. The molecular formula is C19H27IN4S. The molecule has 1 saturated carbocycles. The second kappa shape index (κ2) is 8.98. The minimum atomic E-state index is 0. The van der Waals surface area contributed by atoms with Gasteiger partial charge in [0.25, 0.3) is 0 Å². The third kappa shape index (κ3) is 5.17. The number of nitrogens with one attached hydrogen (secondary N) is 1. The number of halogens is 1. The highest BCUT2D eigenvalue weighted by molar-refractivity contribution is 14.0. The van der Waals surface area contributed by atoms with E-state index in [0.29, 0.717) is 12.0 Å². The summed E-state index contributed by atoms with van der Waals surface area (Å²) in [6, 6.07) is 9.17. The first-order valence-corrected chi connectivity index (χ1v) is 9.45. The van der Waals surface area contributed by atoms with E-state index < -0.39 is 0 Å². The van der Waals surface area contributed by atoms with Gasteiger partial charge in [-0.1, -0.05) is 24.3 Å². The summed E-state index contributed by atoms with van der Waals surface area (Å²) in [7, 11) is 2.08. The van der Waals surface area contributed by atoms with Gasteiger partial charge in [-0.15, -0.1) is 35.3 Å². The number of hydrogen-bond acceptors (Lipinski definition) is 3. The highest BCUT2D eigenvalue weighted by Crippen LogP contribution is 2.42. The zero-order valence-electron chi connectivity index (χ0n) is 15.3. The lowest BCUT2D eigenvalue weighted by molar-refractivity contribution is 0.468. The van der Waals surface area contributed by atoms with Crippen molar-refractivity contribution in [1.29, 1.82) is 0 Å². The molecule has 136 valence electrons. The van der Waals surface area contributed by atoms with Crippen molar-refractivity contribution in [2.75, 3.05) is 13.6 Å². The van der Waals surface area contributed by atoms with Gasteiger partial charge in [0.1, 0.15) is 0 Å². The molecule has 0 saturated heterocycles. The lowest BCUT2D eigenvalue weighted by Gasteiger charge is -2.22. The Hall–Kier alpha value is -1.15. The van der Waals surface area contributed by atoms with Crippen molar-refractivity contribution in [2.24, 2.45) is 4.99 Å². The van der Waals surface area contributed by atoms with Crippen LogP contribution in [-0.4, -0.2) is 35.5 Å². The number of guanidine groups is 1. The van der Waals surface area contributed by atoms with Gasteiger partial charge in [-0.25, -0.2) is 4.98 Å². The summed E-state index contributed by atoms with van der Waals surface area (Å²) in [6.45, 7) is 7.89. The minimum Gasteiger partial charge on any atom is -0.353 e. The summed E-state index contributed by atoms with van der Waals surface area (Å²) in [5, 5.41) is 6.89. The van der Waals surface area contributed by atoms with Crippen LogP contribution in [0.3, 0.4) is 0 Å². The largest absolute Gasteiger partial charge is 0.353 e. The van der Waals surface area contributed by atoms with Crippen molar-refractivity contribution in [3.8, 4) is 0 Å². The summed E-state index contributed by atoms with van der Waals surface area (Å²) >= 11 is 1.70. The Bertz CT molecular complexity index is 728. The number of rotatable bonds is 5. The maximum Gasteiger partial charge on any atom is 0.194 e. The summed E-state index contributed by atoms with van der Waals surface area (Å²) in [4.78, 5) is 11.4. The Morgan fingerprint density at radius 1 is 1.36 bits per heavy atom. The number of aliphatic imine (C=N–C) groups is 1. The van der Waals surface area contributed by atoms with Crippen molar-refractivity contribution in [1.82, 2.24) is 15.2 Å². The number of hydrogen-bond donors (Lipinski definition) is 1. The van der Waals surface area contributed by atoms with E-state index in [1.165, 1.54) is 17.5 Å². The fourth-order valence-corrected chi connectivity index (χ4v) is 3.70. The Labute approximate surface area is 171 Å². The fraction of sp³-hybridized carbons (Fsp3) is 0.474. The molecule has 3 rings (SSSR count). The number of aromatic nitrogens is 1. The third-order valence-corrected chi connectivity index (χ3v) is 5.25. The van der Waals surface area contributed by atoms with Crippen molar-refractivity contribution in [3.05, 3.63) is 51.5 Å². The van der Waals surface area contributed by atoms with Crippen molar-refractivity contribution in [2.45, 2.75) is 45.7 Å². The van der Waals surface area contributed by atoms with Crippen LogP contribution in [0.4, 0.5) is 0 Å². The molecule has 1 fully saturated rings. The molecule has 4 nitrogen and oxygen atoms in total. The van der Waals surface area contributed by atoms with Crippen molar-refractivity contribution >= 4 is 41.3 Å². The van der Waals surface area contributed by atoms with Crippen LogP contribution in [0.2, 0.25) is 0 Å². The van der Waals surface area contributed by atoms with Crippen LogP contribution in [0.1, 0.15) is 41.1 Å². The Kier molecular flexibility index (Phi) is 7.25. The molecule has 0 aliphatic heterocycles. The molecule has 25 heavy (non-hydrogen) atoms. The molecule has 1 aromatic heterocycles. The first-order chi connectivity index (χ1) is 11.6. The van der Waals surface area contributed by atoms with Gasteiger partial charge in [-0.2, -0.15) is 0 Å². The SMILES string of the molecule is CCN=C(NC1CC1c1ccccc1C)N(C)Cc1csc(C)n1.I. The molecule has 1 aromatic carbocycles. The van der Waals surface area contributed by atoms with Crippen LogP contribution >= 0.6 is 35.3 Å². The van der Waals surface area contributed by atoms with E-state index >= 15 is 0 Å². The first kappa shape index (κ1) is 20.2. The van der Waals surface area contributed by atoms with Gasteiger partial charge in [-0.05, 0) is 38.3 Å². The van der Waals surface area contributed by atoms with Crippen LogP contribution in [0, 0.1) is 13.8 Å². The third-order valence-electron chi connectivity index (χ3n) is 4.43. The Morgan fingerprint density at radius 2 is 2.12 bits per heavy atom. The molecule has 1 aliphatic carbocycles. The van der Waals surface area contributed by atoms with Gasteiger partial charge in [-0.3, -0.25) is 4.99 Å². The summed E-state index contributed by atoms with van der Waals surface area (Å²) in [5.41, 5.74) is 3.95. The molecule has 1 aliphatic rings. The van der Waals surface area contributed by atoms with E-state index in [9.17, 15) is 0 Å². The first-order valence-electron chi connectivity index (χ1n) is 8.57. The molecule has 1 N–H and O–H groups in total. The zero-order chi connectivity index (χ0) is 17.1. The normalized spacial score (nSPS) is 19.3. The van der Waals surface area contributed by atoms with E-state index in [4.69, 9.17) is 0 Å². The van der Waals surface area contributed by atoms with E-state index in [1.807, 2.05) is 6.92 Å². The topological polar surface area (TPSA) is 40.5 Å². The van der Waals surface area contributed by atoms with E-state index in [2.05, 4.69) is 70.7 Å². The molecule has 2 atom stereocenters. The molecule has 0 bridgehead atoms. The lowest BCUT2D eigenvalue weighted by Crippen LogP contribution is -2.40. The maximum atomic E-state index is 4.66. The predicted octanol–water partition coefficient (Wildman–Crippen LogP) is 4.33. The van der Waals surface area contributed by atoms with E-state index in [-0.39, 0.29) is 24.0 Å². The van der Waals surface area contributed by atoms with E-state index in [1.54, 1.807) is 11.3 Å². The van der Waals surface area contributed by atoms with E-state index in [0.717, 1.165) is 29.8 Å².